The van der Waals surface area contributed by atoms with Crippen molar-refractivity contribution in [2.24, 2.45) is 7.05 Å². The highest BCUT2D eigenvalue weighted by atomic mass is 16.2. The van der Waals surface area contributed by atoms with Crippen LogP contribution in [0.3, 0.4) is 0 Å². The molecule has 0 unspecified atom stereocenters. The van der Waals surface area contributed by atoms with Gasteiger partial charge in [-0.25, -0.2) is 4.79 Å². The summed E-state index contributed by atoms with van der Waals surface area (Å²) in [5.74, 6) is 0. The monoisotopic (exact) mass is 297 g/mol. The summed E-state index contributed by atoms with van der Waals surface area (Å²) in [6.07, 6.45) is 5.57. The highest BCUT2D eigenvalue weighted by Crippen LogP contribution is 2.10. The second-order valence-corrected chi connectivity index (χ2v) is 5.17. The zero-order valence-corrected chi connectivity index (χ0v) is 12.8. The molecule has 0 spiro atoms. The molecule has 0 fully saturated rings. The fraction of sp³-hybridized carbons (Fsp3) is 0.312. The lowest BCUT2D eigenvalue weighted by molar-refractivity contribution is 0.222. The van der Waals surface area contributed by atoms with Gasteiger partial charge >= 0.3 is 6.03 Å². The van der Waals surface area contributed by atoms with E-state index in [4.69, 9.17) is 5.26 Å². The predicted octanol–water partition coefficient (Wildman–Crippen LogP) is 2.39. The van der Waals surface area contributed by atoms with E-state index >= 15 is 0 Å². The number of aryl methyl sites for hydroxylation is 2. The molecular weight excluding hydrogens is 278 g/mol. The molecule has 0 saturated carbocycles. The van der Waals surface area contributed by atoms with E-state index in [1.54, 1.807) is 40.9 Å². The third-order valence-electron chi connectivity index (χ3n) is 3.31. The zero-order valence-electron chi connectivity index (χ0n) is 12.8. The summed E-state index contributed by atoms with van der Waals surface area (Å²) >= 11 is 0. The standard InChI is InChI=1S/C16H19N5O/c1-20(8-4-6-14-11-18-21(2)12-14)16(22)19-15-7-3-5-13(9-15)10-17/h3,5,7,9,11-12H,4,6,8H2,1-2H3,(H,19,22). The quantitative estimate of drug-likeness (QED) is 0.920. The minimum Gasteiger partial charge on any atom is -0.328 e. The molecule has 0 aliphatic heterocycles. The first-order valence-electron chi connectivity index (χ1n) is 7.08. The van der Waals surface area contributed by atoms with Crippen LogP contribution in [0.2, 0.25) is 0 Å². The van der Waals surface area contributed by atoms with E-state index < -0.39 is 0 Å². The molecule has 0 bridgehead atoms. The van der Waals surface area contributed by atoms with Gasteiger partial charge in [0, 0.05) is 32.5 Å². The van der Waals surface area contributed by atoms with Gasteiger partial charge in [0.15, 0.2) is 0 Å². The van der Waals surface area contributed by atoms with Crippen LogP contribution in [-0.2, 0) is 13.5 Å². The van der Waals surface area contributed by atoms with Gasteiger partial charge in [-0.2, -0.15) is 10.4 Å². The van der Waals surface area contributed by atoms with Gasteiger partial charge in [-0.15, -0.1) is 0 Å². The molecule has 6 nitrogen and oxygen atoms in total. The summed E-state index contributed by atoms with van der Waals surface area (Å²) in [4.78, 5) is 13.7. The van der Waals surface area contributed by atoms with E-state index in [1.165, 1.54) is 0 Å². The predicted molar refractivity (Wildman–Crippen MR) is 84.3 cm³/mol. The first-order valence-corrected chi connectivity index (χ1v) is 7.08. The number of amides is 2. The number of nitrogens with zero attached hydrogens (tertiary/aromatic N) is 4. The third-order valence-corrected chi connectivity index (χ3v) is 3.31. The lowest BCUT2D eigenvalue weighted by Gasteiger charge is -2.17. The van der Waals surface area contributed by atoms with Gasteiger partial charge in [-0.3, -0.25) is 4.68 Å². The summed E-state index contributed by atoms with van der Waals surface area (Å²) in [7, 11) is 3.64. The Labute approximate surface area is 130 Å². The number of carbonyl (C=O) groups excluding carboxylic acids is 1. The van der Waals surface area contributed by atoms with Crippen LogP contribution >= 0.6 is 0 Å². The summed E-state index contributed by atoms with van der Waals surface area (Å²) < 4.78 is 1.77. The molecule has 1 heterocycles. The van der Waals surface area contributed by atoms with E-state index in [-0.39, 0.29) is 6.03 Å². The summed E-state index contributed by atoms with van der Waals surface area (Å²) in [5, 5.41) is 15.8. The maximum atomic E-state index is 12.1. The Kier molecular flexibility index (Phi) is 5.15. The lowest BCUT2D eigenvalue weighted by atomic mass is 10.2. The Morgan fingerprint density at radius 2 is 2.32 bits per heavy atom. The van der Waals surface area contributed by atoms with Gasteiger partial charge in [0.25, 0.3) is 0 Å². The molecule has 1 aromatic heterocycles. The molecular formula is C16H19N5O. The Hall–Kier alpha value is -2.81. The number of hydrogen-bond acceptors (Lipinski definition) is 3. The molecule has 1 N–H and O–H groups in total. The van der Waals surface area contributed by atoms with Crippen LogP contribution in [0.1, 0.15) is 17.5 Å². The molecule has 0 aliphatic rings. The highest BCUT2D eigenvalue weighted by molar-refractivity contribution is 5.89. The summed E-state index contributed by atoms with van der Waals surface area (Å²) in [6.45, 7) is 0.651. The van der Waals surface area contributed by atoms with Crippen molar-refractivity contribution in [2.45, 2.75) is 12.8 Å². The Balaban J connectivity index is 1.80. The highest BCUT2D eigenvalue weighted by Gasteiger charge is 2.09. The van der Waals surface area contributed by atoms with Crippen LogP contribution in [0.4, 0.5) is 10.5 Å². The Bertz CT molecular complexity index is 686. The normalized spacial score (nSPS) is 10.0. The van der Waals surface area contributed by atoms with Crippen LogP contribution in [0.15, 0.2) is 36.7 Å². The number of carbonyl (C=O) groups is 1. The van der Waals surface area contributed by atoms with Crippen molar-refractivity contribution in [3.8, 4) is 6.07 Å². The number of anilines is 1. The van der Waals surface area contributed by atoms with E-state index in [0.717, 1.165) is 18.4 Å². The third kappa shape index (κ3) is 4.35. The fourth-order valence-electron chi connectivity index (χ4n) is 2.11. The average molecular weight is 297 g/mol. The van der Waals surface area contributed by atoms with Crippen LogP contribution in [0, 0.1) is 11.3 Å². The summed E-state index contributed by atoms with van der Waals surface area (Å²) in [6, 6.07) is 8.74. The lowest BCUT2D eigenvalue weighted by Crippen LogP contribution is -2.32. The Morgan fingerprint density at radius 3 is 3.00 bits per heavy atom. The average Bonchev–Trinajstić information content (AvgIpc) is 2.92. The molecule has 6 heteroatoms. The van der Waals surface area contributed by atoms with Crippen molar-refractivity contribution < 1.29 is 4.79 Å². The van der Waals surface area contributed by atoms with E-state index in [9.17, 15) is 4.79 Å². The molecule has 0 saturated heterocycles. The molecule has 2 amide bonds. The smallest absolute Gasteiger partial charge is 0.321 e. The van der Waals surface area contributed by atoms with Gasteiger partial charge in [-0.1, -0.05) is 6.07 Å². The maximum Gasteiger partial charge on any atom is 0.321 e. The molecule has 0 aliphatic carbocycles. The molecule has 1 aromatic carbocycles. The van der Waals surface area contributed by atoms with E-state index in [2.05, 4.69) is 16.5 Å². The molecule has 22 heavy (non-hydrogen) atoms. The second-order valence-electron chi connectivity index (χ2n) is 5.17. The maximum absolute atomic E-state index is 12.1. The van der Waals surface area contributed by atoms with Crippen molar-refractivity contribution in [2.75, 3.05) is 18.9 Å². The topological polar surface area (TPSA) is 74.0 Å². The van der Waals surface area contributed by atoms with Gasteiger partial charge in [0.05, 0.1) is 17.8 Å². The number of rotatable bonds is 5. The van der Waals surface area contributed by atoms with Crippen LogP contribution in [0.25, 0.3) is 0 Å². The molecule has 0 radical (unpaired) electrons. The number of urea groups is 1. The molecule has 0 atom stereocenters. The molecule has 114 valence electrons. The van der Waals surface area contributed by atoms with Crippen molar-refractivity contribution in [1.82, 2.24) is 14.7 Å². The molecule has 2 aromatic rings. The zero-order chi connectivity index (χ0) is 15.9. The Morgan fingerprint density at radius 1 is 1.50 bits per heavy atom. The summed E-state index contributed by atoms with van der Waals surface area (Å²) in [5.41, 5.74) is 2.32. The van der Waals surface area contributed by atoms with Crippen molar-refractivity contribution in [1.29, 1.82) is 5.26 Å². The van der Waals surface area contributed by atoms with Crippen molar-refractivity contribution in [3.05, 3.63) is 47.8 Å². The van der Waals surface area contributed by atoms with Crippen molar-refractivity contribution >= 4 is 11.7 Å². The minimum atomic E-state index is -0.179. The first-order chi connectivity index (χ1) is 10.6. The second kappa shape index (κ2) is 7.27. The van der Waals surface area contributed by atoms with Crippen LogP contribution < -0.4 is 5.32 Å². The minimum absolute atomic E-state index is 0.179. The van der Waals surface area contributed by atoms with Crippen LogP contribution in [-0.4, -0.2) is 34.3 Å². The number of aromatic nitrogens is 2. The van der Waals surface area contributed by atoms with Gasteiger partial charge in [0.1, 0.15) is 0 Å². The van der Waals surface area contributed by atoms with Gasteiger partial charge in [0.2, 0.25) is 0 Å². The van der Waals surface area contributed by atoms with Crippen LogP contribution in [0.5, 0.6) is 0 Å². The fourth-order valence-corrected chi connectivity index (χ4v) is 2.11. The molecule has 2 rings (SSSR count). The number of nitrogens with one attached hydrogen (secondary N) is 1. The number of hydrogen-bond donors (Lipinski definition) is 1. The van der Waals surface area contributed by atoms with Gasteiger partial charge in [-0.05, 0) is 36.6 Å². The van der Waals surface area contributed by atoms with E-state index in [0.29, 0.717) is 17.8 Å². The number of nitriles is 1. The van der Waals surface area contributed by atoms with Crippen molar-refractivity contribution in [3.63, 3.8) is 0 Å². The van der Waals surface area contributed by atoms with E-state index in [1.807, 2.05) is 19.4 Å². The number of benzene rings is 1. The largest absolute Gasteiger partial charge is 0.328 e. The van der Waals surface area contributed by atoms with Gasteiger partial charge < -0.3 is 10.2 Å². The SMILES string of the molecule is CN(CCCc1cnn(C)c1)C(=O)Nc1cccc(C#N)c1. The first kappa shape index (κ1) is 15.6.